The molecule has 1 aliphatic rings. The summed E-state index contributed by atoms with van der Waals surface area (Å²) in [5, 5.41) is 0.687. The van der Waals surface area contributed by atoms with Gasteiger partial charge >= 0.3 is 0 Å². The van der Waals surface area contributed by atoms with Crippen molar-refractivity contribution in [1.29, 1.82) is 0 Å². The van der Waals surface area contributed by atoms with E-state index >= 15 is 0 Å². The zero-order valence-corrected chi connectivity index (χ0v) is 15.9. The van der Waals surface area contributed by atoms with Gasteiger partial charge in [0.15, 0.2) is 10.8 Å². The first-order valence-corrected chi connectivity index (χ1v) is 9.84. The van der Waals surface area contributed by atoms with Crippen molar-refractivity contribution in [2.24, 2.45) is 0 Å². The van der Waals surface area contributed by atoms with Crippen LogP contribution in [0.25, 0.3) is 10.8 Å². The summed E-state index contributed by atoms with van der Waals surface area (Å²) in [5.74, 6) is 1.42. The Morgan fingerprint density at radius 3 is 2.74 bits per heavy atom. The van der Waals surface area contributed by atoms with E-state index in [1.54, 1.807) is 18.5 Å². The summed E-state index contributed by atoms with van der Waals surface area (Å²) in [6.07, 6.45) is 4.91. The predicted molar refractivity (Wildman–Crippen MR) is 104 cm³/mol. The summed E-state index contributed by atoms with van der Waals surface area (Å²) in [6, 6.07) is 11.5. The lowest BCUT2D eigenvalue weighted by Gasteiger charge is -2.17. The van der Waals surface area contributed by atoms with E-state index in [1.807, 2.05) is 42.2 Å². The first-order valence-electron chi connectivity index (χ1n) is 9.02. The predicted octanol–water partition coefficient (Wildman–Crippen LogP) is 3.46. The Kier molecular flexibility index (Phi) is 5.11. The number of para-hydroxylation sites is 1. The number of ether oxygens (including phenoxy) is 1. The highest BCUT2D eigenvalue weighted by molar-refractivity contribution is 7.17. The number of hydrogen-bond acceptors (Lipinski definition) is 6. The normalized spacial score (nSPS) is 16.5. The van der Waals surface area contributed by atoms with Crippen LogP contribution in [0, 0.1) is 0 Å². The molecule has 1 amide bonds. The number of rotatable bonds is 5. The van der Waals surface area contributed by atoms with Gasteiger partial charge in [-0.25, -0.2) is 15.0 Å². The van der Waals surface area contributed by atoms with Gasteiger partial charge in [0.1, 0.15) is 16.7 Å². The zero-order chi connectivity index (χ0) is 18.6. The maximum Gasteiger partial charge on any atom is 0.266 e. The number of carbonyl (C=O) groups is 1. The quantitative estimate of drug-likeness (QED) is 0.678. The van der Waals surface area contributed by atoms with E-state index in [2.05, 4.69) is 15.0 Å². The molecular weight excluding hydrogens is 360 g/mol. The Morgan fingerprint density at radius 1 is 1.22 bits per heavy atom. The Bertz CT molecular complexity index is 914. The highest BCUT2D eigenvalue weighted by atomic mass is 32.1. The minimum Gasteiger partial charge on any atom is -0.489 e. The number of amides is 1. The van der Waals surface area contributed by atoms with Gasteiger partial charge < -0.3 is 9.64 Å². The van der Waals surface area contributed by atoms with Gasteiger partial charge in [0.25, 0.3) is 5.91 Å². The van der Waals surface area contributed by atoms with Crippen LogP contribution < -0.4 is 4.74 Å². The molecule has 0 bridgehead atoms. The Morgan fingerprint density at radius 2 is 2.00 bits per heavy atom. The monoisotopic (exact) mass is 380 g/mol. The number of likely N-dealkylation sites (tertiary alicyclic amines) is 1. The summed E-state index contributed by atoms with van der Waals surface area (Å²) in [7, 11) is 0. The number of hydrogen-bond donors (Lipinski definition) is 0. The first kappa shape index (κ1) is 17.6. The van der Waals surface area contributed by atoms with Crippen LogP contribution in [0.4, 0.5) is 0 Å². The molecule has 7 heteroatoms. The van der Waals surface area contributed by atoms with Gasteiger partial charge in [0.2, 0.25) is 0 Å². The molecule has 3 heterocycles. The Balaban J connectivity index is 1.49. The average molecular weight is 380 g/mol. The van der Waals surface area contributed by atoms with Gasteiger partial charge in [-0.1, -0.05) is 25.1 Å². The highest BCUT2D eigenvalue weighted by Crippen LogP contribution is 2.29. The summed E-state index contributed by atoms with van der Waals surface area (Å²) >= 11 is 1.37. The minimum absolute atomic E-state index is 0.0192. The lowest BCUT2D eigenvalue weighted by Crippen LogP contribution is -2.31. The molecule has 0 aliphatic carbocycles. The van der Waals surface area contributed by atoms with Crippen LogP contribution in [0.2, 0.25) is 0 Å². The fraction of sp³-hybridized carbons (Fsp3) is 0.300. The number of thiazole rings is 1. The molecule has 6 nitrogen and oxygen atoms in total. The zero-order valence-electron chi connectivity index (χ0n) is 15.0. The minimum atomic E-state index is 0.0192. The Hall–Kier alpha value is -2.80. The molecule has 1 atom stereocenters. The molecule has 1 saturated heterocycles. The molecule has 0 spiro atoms. The summed E-state index contributed by atoms with van der Waals surface area (Å²) < 4.78 is 6.00. The van der Waals surface area contributed by atoms with E-state index in [0.29, 0.717) is 35.2 Å². The molecule has 0 saturated carbocycles. The highest BCUT2D eigenvalue weighted by Gasteiger charge is 2.31. The Labute approximate surface area is 161 Å². The van der Waals surface area contributed by atoms with E-state index in [9.17, 15) is 4.79 Å². The molecule has 2 aromatic heterocycles. The molecule has 0 unspecified atom stereocenters. The molecular formula is C20H20N4O2S. The van der Waals surface area contributed by atoms with Crippen LogP contribution in [0.3, 0.4) is 0 Å². The second-order valence-electron chi connectivity index (χ2n) is 6.31. The smallest absolute Gasteiger partial charge is 0.266 e. The van der Waals surface area contributed by atoms with Crippen molar-refractivity contribution in [3.05, 3.63) is 59.4 Å². The molecule has 1 aliphatic heterocycles. The standard InChI is InChI=1S/C20H20N4O2S/c1-2-16-17(27-19(23-16)18-21-10-6-11-22-18)20(25)24-12-9-15(13-24)26-14-7-4-3-5-8-14/h3-8,10-11,15H,2,9,12-13H2,1H3/t15-/m1/s1. The van der Waals surface area contributed by atoms with E-state index in [4.69, 9.17) is 4.74 Å². The van der Waals surface area contributed by atoms with Crippen LogP contribution in [-0.4, -0.2) is 45.0 Å². The van der Waals surface area contributed by atoms with Gasteiger partial charge in [-0.2, -0.15) is 0 Å². The molecule has 0 N–H and O–H groups in total. The average Bonchev–Trinajstić information content (AvgIpc) is 3.36. The summed E-state index contributed by atoms with van der Waals surface area (Å²) in [4.78, 5) is 28.7. The summed E-state index contributed by atoms with van der Waals surface area (Å²) in [5.41, 5.74) is 0.805. The van der Waals surface area contributed by atoms with Gasteiger partial charge in [0.05, 0.1) is 12.2 Å². The van der Waals surface area contributed by atoms with Crippen molar-refractivity contribution in [1.82, 2.24) is 19.9 Å². The van der Waals surface area contributed by atoms with Crippen molar-refractivity contribution in [3.8, 4) is 16.6 Å². The van der Waals surface area contributed by atoms with Crippen molar-refractivity contribution in [2.75, 3.05) is 13.1 Å². The van der Waals surface area contributed by atoms with Gasteiger partial charge in [-0.15, -0.1) is 11.3 Å². The van der Waals surface area contributed by atoms with E-state index < -0.39 is 0 Å². The van der Waals surface area contributed by atoms with Crippen molar-refractivity contribution in [3.63, 3.8) is 0 Å². The molecule has 27 heavy (non-hydrogen) atoms. The third-order valence-corrected chi connectivity index (χ3v) is 5.54. The molecule has 1 aromatic carbocycles. The largest absolute Gasteiger partial charge is 0.489 e. The number of benzene rings is 1. The van der Waals surface area contributed by atoms with Crippen LogP contribution >= 0.6 is 11.3 Å². The third kappa shape index (κ3) is 3.83. The van der Waals surface area contributed by atoms with Crippen molar-refractivity contribution < 1.29 is 9.53 Å². The number of nitrogens with zero attached hydrogens (tertiary/aromatic N) is 4. The van der Waals surface area contributed by atoms with Gasteiger partial charge in [-0.05, 0) is 24.6 Å². The lowest BCUT2D eigenvalue weighted by molar-refractivity contribution is 0.0776. The van der Waals surface area contributed by atoms with Crippen LogP contribution in [0.1, 0.15) is 28.7 Å². The molecule has 1 fully saturated rings. The van der Waals surface area contributed by atoms with Crippen molar-refractivity contribution >= 4 is 17.2 Å². The maximum atomic E-state index is 13.1. The first-order chi connectivity index (χ1) is 13.2. The van der Waals surface area contributed by atoms with Crippen molar-refractivity contribution in [2.45, 2.75) is 25.9 Å². The maximum absolute atomic E-state index is 13.1. The van der Waals surface area contributed by atoms with Crippen LogP contribution in [0.15, 0.2) is 48.8 Å². The van der Waals surface area contributed by atoms with E-state index in [0.717, 1.165) is 17.9 Å². The second-order valence-corrected chi connectivity index (χ2v) is 7.31. The summed E-state index contributed by atoms with van der Waals surface area (Å²) in [6.45, 7) is 3.28. The fourth-order valence-corrected chi connectivity index (χ4v) is 4.18. The van der Waals surface area contributed by atoms with Gasteiger partial charge in [-0.3, -0.25) is 4.79 Å². The lowest BCUT2D eigenvalue weighted by atomic mass is 10.2. The topological polar surface area (TPSA) is 68.2 Å². The fourth-order valence-electron chi connectivity index (χ4n) is 3.11. The van der Waals surface area contributed by atoms with Crippen LogP contribution in [0.5, 0.6) is 5.75 Å². The van der Waals surface area contributed by atoms with Crippen LogP contribution in [-0.2, 0) is 6.42 Å². The number of carbonyl (C=O) groups excluding carboxylic acids is 1. The van der Waals surface area contributed by atoms with E-state index in [-0.39, 0.29) is 12.0 Å². The number of aromatic nitrogens is 3. The SMILES string of the molecule is CCc1nc(-c2ncccn2)sc1C(=O)N1CC[C@@H](Oc2ccccc2)C1. The second kappa shape index (κ2) is 7.84. The van der Waals surface area contributed by atoms with E-state index in [1.165, 1.54) is 11.3 Å². The molecule has 4 rings (SSSR count). The molecule has 138 valence electrons. The molecule has 0 radical (unpaired) electrons. The number of aryl methyl sites for hydroxylation is 1. The molecule has 3 aromatic rings. The van der Waals surface area contributed by atoms with Gasteiger partial charge in [0, 0.05) is 25.4 Å². The third-order valence-electron chi connectivity index (χ3n) is 4.46.